The number of hydrogen-bond donors (Lipinski definition) is 4. The number of unbranched alkanes of at least 4 members (excludes halogenated alkanes) is 2. The van der Waals surface area contributed by atoms with Gasteiger partial charge in [0.15, 0.2) is 5.66 Å². The highest BCUT2D eigenvalue weighted by atomic mass is 16.6. The van der Waals surface area contributed by atoms with Crippen molar-refractivity contribution >= 4 is 24.0 Å². The lowest BCUT2D eigenvalue weighted by atomic mass is 9.99. The second-order valence-corrected chi connectivity index (χ2v) is 7.69. The molecule has 0 saturated carbocycles. The van der Waals surface area contributed by atoms with Crippen molar-refractivity contribution in [2.75, 3.05) is 0 Å². The molecule has 28 heavy (non-hydrogen) atoms. The molecule has 0 bridgehead atoms. The summed E-state index contributed by atoms with van der Waals surface area (Å²) in [6, 6.07) is -2.50. The molecule has 0 heterocycles. The summed E-state index contributed by atoms with van der Waals surface area (Å²) < 4.78 is 5.15. The average Bonchev–Trinajstić information content (AvgIpc) is 2.54. The summed E-state index contributed by atoms with van der Waals surface area (Å²) in [7, 11) is 0. The van der Waals surface area contributed by atoms with Crippen LogP contribution in [0.3, 0.4) is 0 Å². The fraction of sp³-hybridized carbons (Fsp3) is 0.778. The lowest BCUT2D eigenvalue weighted by molar-refractivity contribution is -0.156. The monoisotopic (exact) mass is 402 g/mol. The van der Waals surface area contributed by atoms with Gasteiger partial charge >= 0.3 is 18.1 Å². The van der Waals surface area contributed by atoms with Crippen LogP contribution in [0.4, 0.5) is 9.59 Å². The minimum atomic E-state index is -2.31. The van der Waals surface area contributed by atoms with E-state index in [2.05, 4.69) is 5.32 Å². The number of primary amides is 1. The molecular formula is C18H34N4O6. The van der Waals surface area contributed by atoms with Crippen LogP contribution in [-0.2, 0) is 14.3 Å². The Labute approximate surface area is 165 Å². The third-order valence-electron chi connectivity index (χ3n) is 3.96. The van der Waals surface area contributed by atoms with Gasteiger partial charge in [-0.25, -0.2) is 19.3 Å². The zero-order valence-electron chi connectivity index (χ0n) is 17.4. The molecule has 4 amide bonds. The summed E-state index contributed by atoms with van der Waals surface area (Å²) in [5.41, 5.74) is 8.14. The highest BCUT2D eigenvalue weighted by Gasteiger charge is 2.47. The largest absolute Gasteiger partial charge is 0.478 e. The molecule has 0 rings (SSSR count). The molecule has 0 radical (unpaired) electrons. The second kappa shape index (κ2) is 10.8. The molecule has 2 unspecified atom stereocenters. The number of amides is 4. The summed E-state index contributed by atoms with van der Waals surface area (Å²) in [6.07, 6.45) is 1.35. The Kier molecular flexibility index (Phi) is 9.93. The number of nitrogens with two attached hydrogens (primary N) is 2. The molecule has 0 aliphatic rings. The van der Waals surface area contributed by atoms with Gasteiger partial charge in [0.05, 0.1) is 0 Å². The maximum atomic E-state index is 13.0. The van der Waals surface area contributed by atoms with E-state index in [1.165, 1.54) is 0 Å². The van der Waals surface area contributed by atoms with Crippen LogP contribution in [0.5, 0.6) is 0 Å². The fourth-order valence-corrected chi connectivity index (χ4v) is 2.53. The number of carbonyl (C=O) groups excluding carboxylic acids is 3. The molecule has 0 aliphatic heterocycles. The Balaban J connectivity index is 5.80. The first-order valence-corrected chi connectivity index (χ1v) is 9.45. The average molecular weight is 402 g/mol. The van der Waals surface area contributed by atoms with Crippen LogP contribution in [0, 0.1) is 0 Å². The number of carboxylic acids is 1. The molecule has 0 aliphatic carbocycles. The maximum Gasteiger partial charge on any atom is 0.408 e. The number of hydrogen-bond acceptors (Lipinski definition) is 6. The van der Waals surface area contributed by atoms with Crippen LogP contribution >= 0.6 is 0 Å². The van der Waals surface area contributed by atoms with E-state index in [1.807, 2.05) is 13.8 Å². The van der Waals surface area contributed by atoms with Gasteiger partial charge in [0.1, 0.15) is 11.6 Å². The number of nitrogens with zero attached hydrogens (tertiary/aromatic N) is 1. The molecule has 0 aromatic rings. The van der Waals surface area contributed by atoms with Gasteiger partial charge in [0.2, 0.25) is 0 Å². The summed E-state index contributed by atoms with van der Waals surface area (Å²) in [6.45, 7) is 8.67. The van der Waals surface area contributed by atoms with Crippen molar-refractivity contribution in [1.82, 2.24) is 10.2 Å². The van der Waals surface area contributed by atoms with Crippen LogP contribution in [0.15, 0.2) is 0 Å². The van der Waals surface area contributed by atoms with E-state index in [-0.39, 0.29) is 12.8 Å². The summed E-state index contributed by atoms with van der Waals surface area (Å²) in [5, 5.41) is 12.0. The van der Waals surface area contributed by atoms with Crippen LogP contribution in [-0.4, -0.2) is 51.3 Å². The Morgan fingerprint density at radius 1 is 1.11 bits per heavy atom. The molecular weight excluding hydrogens is 368 g/mol. The van der Waals surface area contributed by atoms with Crippen molar-refractivity contribution in [2.45, 2.75) is 90.4 Å². The standard InChI is InChI=1S/C18H34N4O6/c1-6-8-10-12(21-16(27)28-17(3,4)5)13(23)22(15(19)26)18(20,14(24)25)11-9-7-2/h12H,6-11,20H2,1-5H3,(H2,19,26)(H,21,27)(H,24,25). The van der Waals surface area contributed by atoms with Gasteiger partial charge in [0.25, 0.3) is 5.91 Å². The van der Waals surface area contributed by atoms with Gasteiger partial charge in [-0.15, -0.1) is 0 Å². The number of nitrogens with one attached hydrogen (secondary N) is 1. The van der Waals surface area contributed by atoms with Crippen LogP contribution < -0.4 is 16.8 Å². The normalized spacial score (nSPS) is 14.5. The summed E-state index contributed by atoms with van der Waals surface area (Å²) in [5.74, 6) is -2.53. The van der Waals surface area contributed by atoms with E-state index in [0.717, 1.165) is 0 Å². The number of ether oxygens (including phenoxy) is 1. The number of urea groups is 1. The van der Waals surface area contributed by atoms with Gasteiger partial charge in [0, 0.05) is 0 Å². The van der Waals surface area contributed by atoms with Crippen molar-refractivity contribution in [3.8, 4) is 0 Å². The second-order valence-electron chi connectivity index (χ2n) is 7.69. The van der Waals surface area contributed by atoms with Crippen molar-refractivity contribution in [1.29, 1.82) is 0 Å². The number of alkyl carbamates (subject to hydrolysis) is 1. The van der Waals surface area contributed by atoms with Gasteiger partial charge in [-0.3, -0.25) is 10.5 Å². The number of imide groups is 1. The molecule has 6 N–H and O–H groups in total. The summed E-state index contributed by atoms with van der Waals surface area (Å²) >= 11 is 0. The Hall–Kier alpha value is -2.36. The van der Waals surface area contributed by atoms with E-state index in [1.54, 1.807) is 20.8 Å². The Morgan fingerprint density at radius 2 is 1.64 bits per heavy atom. The van der Waals surface area contributed by atoms with Crippen LogP contribution in [0.2, 0.25) is 0 Å². The Bertz CT molecular complexity index is 575. The highest BCUT2D eigenvalue weighted by Crippen LogP contribution is 2.20. The van der Waals surface area contributed by atoms with Crippen LogP contribution in [0.25, 0.3) is 0 Å². The first-order valence-electron chi connectivity index (χ1n) is 9.45. The smallest absolute Gasteiger partial charge is 0.408 e. The quantitative estimate of drug-likeness (QED) is 0.405. The minimum absolute atomic E-state index is 0.166. The number of carbonyl (C=O) groups is 4. The first-order chi connectivity index (χ1) is 12.8. The first kappa shape index (κ1) is 25.6. The third kappa shape index (κ3) is 7.71. The van der Waals surface area contributed by atoms with E-state index < -0.39 is 41.3 Å². The molecule has 0 aromatic carbocycles. The zero-order chi connectivity index (χ0) is 22.1. The van der Waals surface area contributed by atoms with E-state index in [0.29, 0.717) is 30.6 Å². The fourth-order valence-electron chi connectivity index (χ4n) is 2.53. The van der Waals surface area contributed by atoms with Gasteiger partial charge < -0.3 is 20.9 Å². The predicted molar refractivity (Wildman–Crippen MR) is 103 cm³/mol. The van der Waals surface area contributed by atoms with Crippen molar-refractivity contribution < 1.29 is 29.0 Å². The number of rotatable bonds is 10. The van der Waals surface area contributed by atoms with Crippen molar-refractivity contribution in [2.24, 2.45) is 11.5 Å². The molecule has 0 aromatic heterocycles. The van der Waals surface area contributed by atoms with E-state index in [9.17, 15) is 24.3 Å². The van der Waals surface area contributed by atoms with Gasteiger partial charge in [-0.1, -0.05) is 33.1 Å². The van der Waals surface area contributed by atoms with Crippen molar-refractivity contribution in [3.63, 3.8) is 0 Å². The van der Waals surface area contributed by atoms with Gasteiger partial charge in [-0.05, 0) is 40.0 Å². The predicted octanol–water partition coefficient (Wildman–Crippen LogP) is 1.91. The number of aliphatic carboxylic acids is 1. The lowest BCUT2D eigenvalue weighted by Crippen LogP contribution is -2.69. The zero-order valence-corrected chi connectivity index (χ0v) is 17.4. The topological polar surface area (TPSA) is 165 Å². The summed E-state index contributed by atoms with van der Waals surface area (Å²) in [4.78, 5) is 49.2. The molecule has 10 heteroatoms. The Morgan fingerprint density at radius 3 is 2.04 bits per heavy atom. The molecule has 0 spiro atoms. The minimum Gasteiger partial charge on any atom is -0.478 e. The molecule has 162 valence electrons. The lowest BCUT2D eigenvalue weighted by Gasteiger charge is -2.37. The molecule has 2 atom stereocenters. The van der Waals surface area contributed by atoms with Gasteiger partial charge in [-0.2, -0.15) is 0 Å². The maximum absolute atomic E-state index is 13.0. The van der Waals surface area contributed by atoms with E-state index in [4.69, 9.17) is 16.2 Å². The van der Waals surface area contributed by atoms with Crippen molar-refractivity contribution in [3.05, 3.63) is 0 Å². The molecule has 0 saturated heterocycles. The molecule has 10 nitrogen and oxygen atoms in total. The molecule has 0 fully saturated rings. The van der Waals surface area contributed by atoms with E-state index >= 15 is 0 Å². The third-order valence-corrected chi connectivity index (χ3v) is 3.96. The number of carboxylic acid groups (broad SMARTS) is 1. The SMILES string of the molecule is CCCCC(NC(=O)OC(C)(C)C)C(=O)N(C(N)=O)C(N)(CCCC)C(=O)O. The van der Waals surface area contributed by atoms with Crippen LogP contribution in [0.1, 0.15) is 73.1 Å². The highest BCUT2D eigenvalue weighted by molar-refractivity contribution is 6.02.